The molecular formula is C23H19Cl2F5N2O3. The highest BCUT2D eigenvalue weighted by atomic mass is 35.5. The predicted octanol–water partition coefficient (Wildman–Crippen LogP) is 5.76. The highest BCUT2D eigenvalue weighted by molar-refractivity contribution is 6.35. The van der Waals surface area contributed by atoms with Crippen molar-refractivity contribution in [1.29, 1.82) is 0 Å². The molecule has 188 valence electrons. The Balaban J connectivity index is 1.54. The Morgan fingerprint density at radius 3 is 2.23 bits per heavy atom. The average Bonchev–Trinajstić information content (AvgIpc) is 3.26. The van der Waals surface area contributed by atoms with E-state index in [0.29, 0.717) is 0 Å². The Labute approximate surface area is 207 Å². The van der Waals surface area contributed by atoms with E-state index in [9.17, 15) is 22.4 Å². The standard InChI is InChI=1S/C23H19Cl2F5N2O3/c1-12(34-2)20(33)32-10-21(27,11-32)14-5-3-13(4-6-14)18-9-22(35-31-18,23(28,29)30)15-7-16(24)19(26)17(25)8-15/h3-8,12H,9-11H2,1-2H3. The highest BCUT2D eigenvalue weighted by Gasteiger charge is 2.62. The molecule has 2 unspecified atom stereocenters. The molecule has 2 heterocycles. The second kappa shape index (κ2) is 8.90. The van der Waals surface area contributed by atoms with Gasteiger partial charge in [0.2, 0.25) is 0 Å². The first kappa shape index (κ1) is 25.7. The van der Waals surface area contributed by atoms with Crippen LogP contribution in [0.15, 0.2) is 41.6 Å². The summed E-state index contributed by atoms with van der Waals surface area (Å²) in [5.74, 6) is -1.38. The van der Waals surface area contributed by atoms with Gasteiger partial charge in [0.05, 0.1) is 28.8 Å². The van der Waals surface area contributed by atoms with Crippen LogP contribution in [0.25, 0.3) is 0 Å². The molecule has 2 atom stereocenters. The number of likely N-dealkylation sites (tertiary alicyclic amines) is 1. The summed E-state index contributed by atoms with van der Waals surface area (Å²) < 4.78 is 76.4. The van der Waals surface area contributed by atoms with Crippen molar-refractivity contribution in [1.82, 2.24) is 4.90 Å². The molecule has 2 aromatic rings. The lowest BCUT2D eigenvalue weighted by Crippen LogP contribution is -2.60. The summed E-state index contributed by atoms with van der Waals surface area (Å²) in [6.07, 6.45) is -6.36. The number of amides is 1. The van der Waals surface area contributed by atoms with Gasteiger partial charge in [-0.15, -0.1) is 0 Å². The van der Waals surface area contributed by atoms with E-state index in [1.807, 2.05) is 0 Å². The van der Waals surface area contributed by atoms with Crippen molar-refractivity contribution >= 4 is 34.8 Å². The second-order valence-corrected chi connectivity index (χ2v) is 9.31. The number of nitrogens with zero attached hydrogens (tertiary/aromatic N) is 2. The summed E-state index contributed by atoms with van der Waals surface area (Å²) in [4.78, 5) is 18.3. The zero-order chi connectivity index (χ0) is 25.8. The maximum absolute atomic E-state index is 15.2. The monoisotopic (exact) mass is 536 g/mol. The van der Waals surface area contributed by atoms with Gasteiger partial charge in [-0.3, -0.25) is 4.79 Å². The summed E-state index contributed by atoms with van der Waals surface area (Å²) >= 11 is 11.4. The van der Waals surface area contributed by atoms with Gasteiger partial charge in [0.1, 0.15) is 6.10 Å². The Hall–Kier alpha value is -2.43. The van der Waals surface area contributed by atoms with Crippen LogP contribution in [0.4, 0.5) is 22.0 Å². The summed E-state index contributed by atoms with van der Waals surface area (Å²) in [6, 6.07) is 7.32. The largest absolute Gasteiger partial charge is 0.435 e. The minimum absolute atomic E-state index is 0.0438. The van der Waals surface area contributed by atoms with Crippen LogP contribution < -0.4 is 0 Å². The first-order valence-electron chi connectivity index (χ1n) is 10.4. The van der Waals surface area contributed by atoms with Crippen molar-refractivity contribution in [2.75, 3.05) is 20.2 Å². The van der Waals surface area contributed by atoms with Gasteiger partial charge >= 0.3 is 6.18 Å². The Kier molecular flexibility index (Phi) is 6.53. The number of hydrogen-bond donors (Lipinski definition) is 0. The SMILES string of the molecule is COC(C)C(=O)N1CC(F)(c2ccc(C3=NOC(c4cc(Cl)c(F)c(Cl)c4)(C(F)(F)F)C3)cc2)C1. The Morgan fingerprint density at radius 2 is 1.71 bits per heavy atom. The summed E-state index contributed by atoms with van der Waals surface area (Å²) in [5.41, 5.74) is -4.69. The third-order valence-electron chi connectivity index (χ3n) is 6.27. The molecule has 0 aliphatic carbocycles. The zero-order valence-corrected chi connectivity index (χ0v) is 19.9. The molecular weight excluding hydrogens is 518 g/mol. The normalized spacial score (nSPS) is 22.3. The number of alkyl halides is 4. The molecule has 0 spiro atoms. The third-order valence-corrected chi connectivity index (χ3v) is 6.82. The number of benzene rings is 2. The molecule has 2 aromatic carbocycles. The fraction of sp³-hybridized carbons (Fsp3) is 0.391. The molecule has 1 fully saturated rings. The van der Waals surface area contributed by atoms with E-state index in [2.05, 4.69) is 5.16 Å². The van der Waals surface area contributed by atoms with Crippen LogP contribution in [0.3, 0.4) is 0 Å². The Bertz CT molecular complexity index is 1160. The van der Waals surface area contributed by atoms with E-state index >= 15 is 4.39 Å². The van der Waals surface area contributed by atoms with Crippen molar-refractivity contribution in [3.63, 3.8) is 0 Å². The smallest absolute Gasteiger partial charge is 0.374 e. The van der Waals surface area contributed by atoms with Gasteiger partial charge in [0, 0.05) is 19.1 Å². The van der Waals surface area contributed by atoms with E-state index in [1.165, 1.54) is 36.3 Å². The topological polar surface area (TPSA) is 51.1 Å². The van der Waals surface area contributed by atoms with E-state index < -0.39 is 51.4 Å². The minimum Gasteiger partial charge on any atom is -0.374 e. The Morgan fingerprint density at radius 1 is 1.14 bits per heavy atom. The molecule has 0 aromatic heterocycles. The fourth-order valence-corrected chi connectivity index (χ4v) is 4.55. The molecule has 1 amide bonds. The maximum Gasteiger partial charge on any atom is 0.435 e. The van der Waals surface area contributed by atoms with E-state index in [-0.39, 0.29) is 35.8 Å². The molecule has 0 N–H and O–H groups in total. The number of halogens is 7. The first-order valence-corrected chi connectivity index (χ1v) is 11.1. The fourth-order valence-electron chi connectivity index (χ4n) is 4.06. The molecule has 2 aliphatic heterocycles. The van der Waals surface area contributed by atoms with Crippen molar-refractivity contribution < 1.29 is 36.3 Å². The lowest BCUT2D eigenvalue weighted by molar-refractivity contribution is -0.275. The van der Waals surface area contributed by atoms with Gasteiger partial charge < -0.3 is 14.5 Å². The maximum atomic E-state index is 15.2. The quantitative estimate of drug-likeness (QED) is 0.360. The number of carbonyl (C=O) groups excluding carboxylic acids is 1. The van der Waals surface area contributed by atoms with E-state index in [1.54, 1.807) is 6.92 Å². The number of rotatable bonds is 5. The summed E-state index contributed by atoms with van der Waals surface area (Å²) in [7, 11) is 1.38. The van der Waals surface area contributed by atoms with Crippen LogP contribution in [0, 0.1) is 5.82 Å². The molecule has 35 heavy (non-hydrogen) atoms. The van der Waals surface area contributed by atoms with Crippen molar-refractivity contribution in [3.8, 4) is 0 Å². The third kappa shape index (κ3) is 4.36. The van der Waals surface area contributed by atoms with E-state index in [4.69, 9.17) is 32.8 Å². The molecule has 4 rings (SSSR count). The molecule has 1 saturated heterocycles. The lowest BCUT2D eigenvalue weighted by Gasteiger charge is -2.45. The zero-order valence-electron chi connectivity index (χ0n) is 18.4. The second-order valence-electron chi connectivity index (χ2n) is 8.50. The van der Waals surface area contributed by atoms with Crippen LogP contribution >= 0.6 is 23.2 Å². The van der Waals surface area contributed by atoms with Crippen LogP contribution in [0.5, 0.6) is 0 Å². The van der Waals surface area contributed by atoms with Crippen LogP contribution in [0.2, 0.25) is 10.0 Å². The van der Waals surface area contributed by atoms with Gasteiger partial charge in [-0.2, -0.15) is 13.2 Å². The highest BCUT2D eigenvalue weighted by Crippen LogP contribution is 2.50. The van der Waals surface area contributed by atoms with Gasteiger partial charge in [0.25, 0.3) is 11.5 Å². The predicted molar refractivity (Wildman–Crippen MR) is 119 cm³/mol. The first-order chi connectivity index (χ1) is 16.3. The van der Waals surface area contributed by atoms with Crippen LogP contribution in [-0.4, -0.2) is 49.0 Å². The van der Waals surface area contributed by atoms with Crippen molar-refractivity contribution in [2.45, 2.75) is 36.9 Å². The minimum atomic E-state index is -4.94. The van der Waals surface area contributed by atoms with Crippen molar-refractivity contribution in [3.05, 3.63) is 69.0 Å². The summed E-state index contributed by atoms with van der Waals surface area (Å²) in [5, 5.41) is 2.46. The van der Waals surface area contributed by atoms with Crippen LogP contribution in [-0.2, 0) is 25.6 Å². The number of methoxy groups -OCH3 is 1. The number of hydrogen-bond acceptors (Lipinski definition) is 4. The van der Waals surface area contributed by atoms with Gasteiger partial charge in [-0.1, -0.05) is 52.6 Å². The molecule has 12 heteroatoms. The number of ether oxygens (including phenoxy) is 1. The van der Waals surface area contributed by atoms with Crippen LogP contribution in [0.1, 0.15) is 30.0 Å². The lowest BCUT2D eigenvalue weighted by atomic mass is 9.84. The molecule has 0 saturated carbocycles. The van der Waals surface area contributed by atoms with Gasteiger partial charge in [-0.05, 0) is 30.2 Å². The molecule has 5 nitrogen and oxygen atoms in total. The van der Waals surface area contributed by atoms with E-state index in [0.717, 1.165) is 12.1 Å². The van der Waals surface area contributed by atoms with Gasteiger partial charge in [0.15, 0.2) is 11.5 Å². The van der Waals surface area contributed by atoms with Crippen molar-refractivity contribution in [2.24, 2.45) is 5.16 Å². The summed E-state index contributed by atoms with van der Waals surface area (Å²) in [6.45, 7) is 1.24. The van der Waals surface area contributed by atoms with Gasteiger partial charge in [-0.25, -0.2) is 8.78 Å². The molecule has 2 aliphatic rings. The molecule has 0 bridgehead atoms. The molecule has 0 radical (unpaired) electrons. The number of oxime groups is 1. The number of carbonyl (C=O) groups is 1. The average molecular weight is 537 g/mol.